The van der Waals surface area contributed by atoms with E-state index in [4.69, 9.17) is 4.74 Å². The second-order valence-corrected chi connectivity index (χ2v) is 11.6. The molecule has 0 saturated heterocycles. The average Bonchev–Trinajstić information content (AvgIpc) is 3.04. The summed E-state index contributed by atoms with van der Waals surface area (Å²) in [6, 6.07) is 0. The lowest BCUT2D eigenvalue weighted by Gasteiger charge is -2.47. The largest absolute Gasteiger partial charge is 0.462 e. The number of esters is 1. The summed E-state index contributed by atoms with van der Waals surface area (Å²) in [5.41, 5.74) is 3.96. The zero-order valence-corrected chi connectivity index (χ0v) is 21.2. The molecule has 0 amide bonds. The minimum Gasteiger partial charge on any atom is -0.462 e. The topological polar surface area (TPSA) is 46.5 Å². The van der Waals surface area contributed by atoms with Crippen LogP contribution in [0.15, 0.2) is 35.5 Å². The number of allylic oxidation sites excluding steroid dienone is 3. The Morgan fingerprint density at radius 2 is 1.94 bits per heavy atom. The van der Waals surface area contributed by atoms with Crippen molar-refractivity contribution in [3.8, 4) is 0 Å². The van der Waals surface area contributed by atoms with E-state index >= 15 is 0 Å². The molecule has 0 bridgehead atoms. The highest BCUT2D eigenvalue weighted by molar-refractivity contribution is 5.66. The van der Waals surface area contributed by atoms with Crippen LogP contribution >= 0.6 is 0 Å². The molecule has 0 spiro atoms. The molecule has 32 heavy (non-hydrogen) atoms. The predicted molar refractivity (Wildman–Crippen MR) is 132 cm³/mol. The van der Waals surface area contributed by atoms with Crippen molar-refractivity contribution >= 4 is 5.97 Å². The zero-order chi connectivity index (χ0) is 23.5. The van der Waals surface area contributed by atoms with Crippen LogP contribution in [-0.2, 0) is 9.53 Å². The minimum absolute atomic E-state index is 0.0259. The first-order valence-corrected chi connectivity index (χ1v) is 13.0. The van der Waals surface area contributed by atoms with Gasteiger partial charge in [0.15, 0.2) is 0 Å². The van der Waals surface area contributed by atoms with Gasteiger partial charge >= 0.3 is 5.97 Å². The van der Waals surface area contributed by atoms with Crippen LogP contribution in [0.1, 0.15) is 98.8 Å². The maximum atomic E-state index is 11.8. The Bertz CT molecular complexity index is 746. The van der Waals surface area contributed by atoms with E-state index in [1.807, 2.05) is 0 Å². The monoisotopic (exact) mass is 442 g/mol. The number of hydrogen-bond donors (Lipinski definition) is 1. The second kappa shape index (κ2) is 10.7. The minimum atomic E-state index is -0.252. The quantitative estimate of drug-likeness (QED) is 0.425. The third-order valence-electron chi connectivity index (χ3n) is 8.64. The number of rotatable bonds is 7. The fourth-order valence-electron chi connectivity index (χ4n) is 7.02. The molecule has 3 rings (SSSR count). The Labute approximate surface area is 196 Å². The molecule has 0 heterocycles. The van der Waals surface area contributed by atoms with Gasteiger partial charge in [0.05, 0.1) is 6.10 Å². The summed E-state index contributed by atoms with van der Waals surface area (Å²) in [5.74, 6) is 2.55. The Morgan fingerprint density at radius 3 is 2.62 bits per heavy atom. The van der Waals surface area contributed by atoms with E-state index in [0.717, 1.165) is 37.2 Å². The van der Waals surface area contributed by atoms with Gasteiger partial charge in [-0.2, -0.15) is 0 Å². The van der Waals surface area contributed by atoms with Crippen LogP contribution in [0, 0.1) is 29.1 Å². The van der Waals surface area contributed by atoms with Crippen molar-refractivity contribution in [3.05, 3.63) is 35.5 Å². The highest BCUT2D eigenvalue weighted by Crippen LogP contribution is 2.60. The van der Waals surface area contributed by atoms with Crippen LogP contribution < -0.4 is 0 Å². The number of aliphatic hydroxyl groups excluding tert-OH is 1. The standard InChI is InChI=1S/C29H46O3/c1-19(2)8-7-9-21(4)27-14-15-28-24(12-11-23-16-25(31)13-10-20(23)3)17-26(32-22(5)30)18-29(27,28)6/h11-12,19,21,25-28,31H,3,7-10,13-18H2,1-2,4-6H3/b23-11-,24-12+/t21-,25+,26+,27-,28+,29-/m1/s1. The van der Waals surface area contributed by atoms with Gasteiger partial charge in [-0.15, -0.1) is 0 Å². The SMILES string of the molecule is C=C1CC[C@H](O)C/C1=C/C=C1\C[C@H](OC(C)=O)C[C@]2(C)[C@@H]([C@H](C)CCCC(C)C)CC[C@@H]12. The summed E-state index contributed by atoms with van der Waals surface area (Å²) in [5, 5.41) is 10.1. The number of carbonyl (C=O) groups is 1. The van der Waals surface area contributed by atoms with Gasteiger partial charge < -0.3 is 9.84 Å². The van der Waals surface area contributed by atoms with E-state index in [0.29, 0.717) is 24.2 Å². The summed E-state index contributed by atoms with van der Waals surface area (Å²) in [6.45, 7) is 15.3. The van der Waals surface area contributed by atoms with Gasteiger partial charge in [-0.1, -0.05) is 76.8 Å². The maximum absolute atomic E-state index is 11.8. The Morgan fingerprint density at radius 1 is 1.19 bits per heavy atom. The van der Waals surface area contributed by atoms with Crippen molar-refractivity contribution < 1.29 is 14.6 Å². The molecule has 3 fully saturated rings. The van der Waals surface area contributed by atoms with E-state index in [-0.39, 0.29) is 23.6 Å². The summed E-state index contributed by atoms with van der Waals surface area (Å²) < 4.78 is 5.81. The van der Waals surface area contributed by atoms with E-state index in [9.17, 15) is 9.90 Å². The van der Waals surface area contributed by atoms with Crippen molar-refractivity contribution in [2.75, 3.05) is 0 Å². The average molecular weight is 443 g/mol. The van der Waals surface area contributed by atoms with Gasteiger partial charge in [-0.05, 0) is 73.2 Å². The second-order valence-electron chi connectivity index (χ2n) is 11.6. The fraction of sp³-hybridized carbons (Fsp3) is 0.759. The molecule has 3 heteroatoms. The molecule has 0 aromatic heterocycles. The molecule has 0 aliphatic heterocycles. The molecule has 0 unspecified atom stereocenters. The number of hydrogen-bond acceptors (Lipinski definition) is 3. The third-order valence-corrected chi connectivity index (χ3v) is 8.64. The van der Waals surface area contributed by atoms with Crippen molar-refractivity contribution in [1.82, 2.24) is 0 Å². The molecule has 3 aliphatic carbocycles. The zero-order valence-electron chi connectivity index (χ0n) is 21.2. The van der Waals surface area contributed by atoms with Gasteiger partial charge in [-0.3, -0.25) is 4.79 Å². The van der Waals surface area contributed by atoms with Crippen molar-refractivity contribution in [1.29, 1.82) is 0 Å². The summed E-state index contributed by atoms with van der Waals surface area (Å²) >= 11 is 0. The first-order chi connectivity index (χ1) is 15.1. The van der Waals surface area contributed by atoms with E-state index < -0.39 is 0 Å². The predicted octanol–water partition coefficient (Wildman–Crippen LogP) is 7.16. The molecule has 180 valence electrons. The van der Waals surface area contributed by atoms with Gasteiger partial charge in [0.2, 0.25) is 0 Å². The number of ether oxygens (including phenoxy) is 1. The van der Waals surface area contributed by atoms with Crippen LogP contribution in [0.5, 0.6) is 0 Å². The molecule has 3 aliphatic rings. The molecule has 6 atom stereocenters. The molecule has 0 aromatic rings. The van der Waals surface area contributed by atoms with Gasteiger partial charge in [0.25, 0.3) is 0 Å². The van der Waals surface area contributed by atoms with Crippen LogP contribution in [0.2, 0.25) is 0 Å². The summed E-state index contributed by atoms with van der Waals surface area (Å²) in [7, 11) is 0. The van der Waals surface area contributed by atoms with Gasteiger partial charge in [-0.25, -0.2) is 0 Å². The van der Waals surface area contributed by atoms with E-state index in [2.05, 4.69) is 46.4 Å². The van der Waals surface area contributed by atoms with E-state index in [1.165, 1.54) is 50.2 Å². The number of aliphatic hydroxyl groups is 1. The third kappa shape index (κ3) is 5.95. The molecule has 0 aromatic carbocycles. The van der Waals surface area contributed by atoms with Gasteiger partial charge in [0.1, 0.15) is 6.10 Å². The highest BCUT2D eigenvalue weighted by Gasteiger charge is 2.53. The Kier molecular flexibility index (Phi) is 8.47. The lowest BCUT2D eigenvalue weighted by atomic mass is 9.60. The number of carbonyl (C=O) groups excluding carboxylic acids is 1. The smallest absolute Gasteiger partial charge is 0.302 e. The lowest BCUT2D eigenvalue weighted by molar-refractivity contribution is -0.150. The van der Waals surface area contributed by atoms with Crippen LogP contribution in [0.4, 0.5) is 0 Å². The summed E-state index contributed by atoms with van der Waals surface area (Å²) in [6.07, 6.45) is 14.9. The highest BCUT2D eigenvalue weighted by atomic mass is 16.5. The number of fused-ring (bicyclic) bond motifs is 1. The van der Waals surface area contributed by atoms with Crippen LogP contribution in [0.3, 0.4) is 0 Å². The van der Waals surface area contributed by atoms with Crippen LogP contribution in [0.25, 0.3) is 0 Å². The first kappa shape index (κ1) is 25.3. The first-order valence-electron chi connectivity index (χ1n) is 13.0. The molecule has 3 saturated carbocycles. The summed E-state index contributed by atoms with van der Waals surface area (Å²) in [4.78, 5) is 11.8. The normalized spacial score (nSPS) is 36.5. The Hall–Kier alpha value is -1.35. The van der Waals surface area contributed by atoms with Crippen molar-refractivity contribution in [2.45, 2.75) is 111 Å². The van der Waals surface area contributed by atoms with Gasteiger partial charge in [0, 0.05) is 13.3 Å². The maximum Gasteiger partial charge on any atom is 0.302 e. The molecular formula is C29H46O3. The lowest BCUT2D eigenvalue weighted by Crippen LogP contribution is -2.42. The molecule has 3 nitrogen and oxygen atoms in total. The molecular weight excluding hydrogens is 396 g/mol. The van der Waals surface area contributed by atoms with Crippen molar-refractivity contribution in [3.63, 3.8) is 0 Å². The van der Waals surface area contributed by atoms with Crippen LogP contribution in [-0.4, -0.2) is 23.3 Å². The fourth-order valence-corrected chi connectivity index (χ4v) is 7.02. The van der Waals surface area contributed by atoms with Crippen molar-refractivity contribution in [2.24, 2.45) is 29.1 Å². The van der Waals surface area contributed by atoms with E-state index in [1.54, 1.807) is 0 Å². The molecule has 0 radical (unpaired) electrons. The molecule has 1 N–H and O–H groups in total. The Balaban J connectivity index is 1.82.